The molecule has 0 spiro atoms. The number of carbonyl (C=O) groups is 1. The van der Waals surface area contributed by atoms with Crippen molar-refractivity contribution in [3.8, 4) is 28.2 Å². The Labute approximate surface area is 190 Å². The summed E-state index contributed by atoms with van der Waals surface area (Å²) in [6, 6.07) is 13.3. The number of para-hydroxylation sites is 1. The van der Waals surface area contributed by atoms with E-state index in [0.717, 1.165) is 25.7 Å². The quantitative estimate of drug-likeness (QED) is 0.351. The number of hydrogen-bond acceptors (Lipinski definition) is 5. The predicted molar refractivity (Wildman–Crippen MR) is 122 cm³/mol. The Balaban J connectivity index is 1.90. The van der Waals surface area contributed by atoms with Crippen LogP contribution in [0.15, 0.2) is 52.9 Å². The maximum atomic E-state index is 13.3. The molecule has 166 valence electrons. The first-order valence-electron chi connectivity index (χ1n) is 10.5. The van der Waals surface area contributed by atoms with Crippen LogP contribution in [-0.2, 0) is 0 Å². The van der Waals surface area contributed by atoms with Crippen LogP contribution in [0.25, 0.3) is 22.3 Å². The van der Waals surface area contributed by atoms with Gasteiger partial charge in [0.05, 0.1) is 23.2 Å². The van der Waals surface area contributed by atoms with Crippen LogP contribution in [0.3, 0.4) is 0 Å². The number of nitrogens with one attached hydrogen (secondary N) is 1. The number of furan rings is 1. The van der Waals surface area contributed by atoms with Crippen molar-refractivity contribution in [2.75, 3.05) is 7.11 Å². The van der Waals surface area contributed by atoms with Crippen LogP contribution in [-0.4, -0.2) is 24.0 Å². The van der Waals surface area contributed by atoms with Crippen molar-refractivity contribution in [1.29, 1.82) is 0 Å². The third kappa shape index (κ3) is 4.34. The molecule has 0 atom stereocenters. The Morgan fingerprint density at radius 1 is 1.09 bits per heavy atom. The van der Waals surface area contributed by atoms with E-state index in [-0.39, 0.29) is 29.3 Å². The highest BCUT2D eigenvalue weighted by molar-refractivity contribution is 6.30. The molecule has 1 amide bonds. The first kappa shape index (κ1) is 21.9. The van der Waals surface area contributed by atoms with Gasteiger partial charge in [-0.1, -0.05) is 55.1 Å². The van der Waals surface area contributed by atoms with Crippen molar-refractivity contribution in [3.05, 3.63) is 69.4 Å². The summed E-state index contributed by atoms with van der Waals surface area (Å²) >= 11 is 6.07. The lowest BCUT2D eigenvalue weighted by Gasteiger charge is -2.22. The fourth-order valence-electron chi connectivity index (χ4n) is 4.19. The summed E-state index contributed by atoms with van der Waals surface area (Å²) in [6.07, 6.45) is 5.13. The Hall–Kier alpha value is -3.32. The predicted octanol–water partition coefficient (Wildman–Crippen LogP) is 6.25. The second-order valence-electron chi connectivity index (χ2n) is 7.76. The second kappa shape index (κ2) is 9.44. The van der Waals surface area contributed by atoms with Crippen LogP contribution >= 0.6 is 11.6 Å². The van der Waals surface area contributed by atoms with Gasteiger partial charge in [-0.15, -0.1) is 0 Å². The maximum absolute atomic E-state index is 13.3. The lowest BCUT2D eigenvalue weighted by molar-refractivity contribution is -0.384. The van der Waals surface area contributed by atoms with Gasteiger partial charge in [-0.05, 0) is 36.6 Å². The van der Waals surface area contributed by atoms with Crippen molar-refractivity contribution in [2.24, 2.45) is 0 Å². The minimum atomic E-state index is -0.463. The number of carbonyl (C=O) groups excluding carboxylic acids is 1. The molecular formula is C24H23ClN2O5. The fourth-order valence-corrected chi connectivity index (χ4v) is 4.32. The van der Waals surface area contributed by atoms with Crippen molar-refractivity contribution in [1.82, 2.24) is 5.32 Å². The van der Waals surface area contributed by atoms with Crippen LogP contribution in [0.4, 0.5) is 5.69 Å². The van der Waals surface area contributed by atoms with Crippen LogP contribution < -0.4 is 10.1 Å². The van der Waals surface area contributed by atoms with E-state index in [1.54, 1.807) is 42.5 Å². The monoisotopic (exact) mass is 454 g/mol. The van der Waals surface area contributed by atoms with Gasteiger partial charge in [-0.3, -0.25) is 14.9 Å². The summed E-state index contributed by atoms with van der Waals surface area (Å²) in [6.45, 7) is 0. The zero-order valence-corrected chi connectivity index (χ0v) is 18.4. The minimum Gasteiger partial charge on any atom is -0.468 e. The SMILES string of the molecule is COc1oc(C(=O)NC2CCCCC2)c(-c2ccc(Cl)cc2)c1-c1ccccc1[N+](=O)[O-]. The lowest BCUT2D eigenvalue weighted by atomic mass is 9.93. The Morgan fingerprint density at radius 2 is 1.78 bits per heavy atom. The molecule has 8 heteroatoms. The number of methoxy groups -OCH3 is 1. The molecule has 3 aromatic rings. The molecule has 0 aliphatic heterocycles. The molecule has 4 rings (SSSR count). The minimum absolute atomic E-state index is 0.0399. The molecule has 1 N–H and O–H groups in total. The largest absolute Gasteiger partial charge is 0.468 e. The summed E-state index contributed by atoms with van der Waals surface area (Å²) in [4.78, 5) is 24.6. The van der Waals surface area contributed by atoms with E-state index in [4.69, 9.17) is 20.8 Å². The van der Waals surface area contributed by atoms with E-state index in [2.05, 4.69) is 5.32 Å². The van der Waals surface area contributed by atoms with Crippen LogP contribution in [0, 0.1) is 10.1 Å². The highest BCUT2D eigenvalue weighted by Gasteiger charge is 2.32. The van der Waals surface area contributed by atoms with E-state index in [1.165, 1.54) is 19.6 Å². The maximum Gasteiger partial charge on any atom is 0.293 e. The normalized spacial score (nSPS) is 14.2. The van der Waals surface area contributed by atoms with E-state index < -0.39 is 4.92 Å². The Morgan fingerprint density at radius 3 is 2.44 bits per heavy atom. The molecule has 0 bridgehead atoms. The summed E-state index contributed by atoms with van der Waals surface area (Å²) in [5.74, 6) is -0.272. The van der Waals surface area contributed by atoms with Gasteiger partial charge in [0.15, 0.2) is 0 Å². The number of nitro groups is 1. The number of rotatable bonds is 6. The Bertz CT molecular complexity index is 1130. The molecule has 32 heavy (non-hydrogen) atoms. The number of nitro benzene ring substituents is 1. The van der Waals surface area contributed by atoms with Crippen LogP contribution in [0.5, 0.6) is 5.95 Å². The molecule has 0 saturated heterocycles. The van der Waals surface area contributed by atoms with Gasteiger partial charge in [0.1, 0.15) is 0 Å². The number of amides is 1. The molecule has 0 radical (unpaired) electrons. The average Bonchev–Trinajstić information content (AvgIpc) is 3.20. The highest BCUT2D eigenvalue weighted by atomic mass is 35.5. The molecule has 1 aliphatic rings. The molecule has 1 saturated carbocycles. The number of ether oxygens (including phenoxy) is 1. The third-order valence-corrected chi connectivity index (χ3v) is 5.96. The van der Waals surface area contributed by atoms with Crippen molar-refractivity contribution in [2.45, 2.75) is 38.1 Å². The summed E-state index contributed by atoms with van der Waals surface area (Å²) in [7, 11) is 1.41. The van der Waals surface area contributed by atoms with Gasteiger partial charge in [0, 0.05) is 22.7 Å². The number of nitrogens with zero attached hydrogens (tertiary/aromatic N) is 1. The average molecular weight is 455 g/mol. The van der Waals surface area contributed by atoms with Gasteiger partial charge in [-0.25, -0.2) is 0 Å². The zero-order chi connectivity index (χ0) is 22.7. The van der Waals surface area contributed by atoms with Crippen LogP contribution in [0.1, 0.15) is 42.7 Å². The number of halogens is 1. The molecule has 0 unspecified atom stereocenters. The van der Waals surface area contributed by atoms with Gasteiger partial charge in [0.25, 0.3) is 17.5 Å². The lowest BCUT2D eigenvalue weighted by Crippen LogP contribution is -2.36. The van der Waals surface area contributed by atoms with Gasteiger partial charge in [0.2, 0.25) is 5.76 Å². The molecule has 1 heterocycles. The standard InChI is InChI=1S/C24H23ClN2O5/c1-31-24-21(18-9-5-6-10-19(18)27(29)30)20(15-11-13-16(25)14-12-15)22(32-24)23(28)26-17-7-3-2-4-8-17/h5-6,9-14,17H,2-4,7-8H2,1H3,(H,26,28). The summed E-state index contributed by atoms with van der Waals surface area (Å²) in [5.41, 5.74) is 1.63. The van der Waals surface area contributed by atoms with Crippen molar-refractivity contribution >= 4 is 23.2 Å². The third-order valence-electron chi connectivity index (χ3n) is 5.71. The summed E-state index contributed by atoms with van der Waals surface area (Å²) < 4.78 is 11.3. The number of hydrogen-bond donors (Lipinski definition) is 1. The molecule has 1 aliphatic carbocycles. The van der Waals surface area contributed by atoms with Crippen molar-refractivity contribution < 1.29 is 18.9 Å². The Kier molecular flexibility index (Phi) is 6.46. The van der Waals surface area contributed by atoms with Gasteiger partial charge in [-0.2, -0.15) is 0 Å². The highest BCUT2D eigenvalue weighted by Crippen LogP contribution is 2.47. The molecule has 2 aromatic carbocycles. The molecular weight excluding hydrogens is 432 g/mol. The molecule has 1 aromatic heterocycles. The smallest absolute Gasteiger partial charge is 0.293 e. The second-order valence-corrected chi connectivity index (χ2v) is 8.20. The zero-order valence-electron chi connectivity index (χ0n) is 17.6. The fraction of sp³-hybridized carbons (Fsp3) is 0.292. The van der Waals surface area contributed by atoms with Crippen LogP contribution in [0.2, 0.25) is 5.02 Å². The van der Waals surface area contributed by atoms with E-state index in [1.807, 2.05) is 0 Å². The number of benzene rings is 2. The topological polar surface area (TPSA) is 94.6 Å². The first-order chi connectivity index (χ1) is 15.5. The van der Waals surface area contributed by atoms with E-state index in [0.29, 0.717) is 27.3 Å². The van der Waals surface area contributed by atoms with E-state index >= 15 is 0 Å². The van der Waals surface area contributed by atoms with Gasteiger partial charge < -0.3 is 14.5 Å². The first-order valence-corrected chi connectivity index (χ1v) is 10.9. The summed E-state index contributed by atoms with van der Waals surface area (Å²) in [5, 5.41) is 15.3. The molecule has 1 fully saturated rings. The molecule has 7 nitrogen and oxygen atoms in total. The van der Waals surface area contributed by atoms with Gasteiger partial charge >= 0.3 is 0 Å². The van der Waals surface area contributed by atoms with Crippen molar-refractivity contribution in [3.63, 3.8) is 0 Å². The van der Waals surface area contributed by atoms with E-state index in [9.17, 15) is 14.9 Å².